The van der Waals surface area contributed by atoms with Gasteiger partial charge in [0.05, 0.1) is 0 Å². The normalized spacial score (nSPS) is 11.0. The van der Waals surface area contributed by atoms with Gasteiger partial charge in [-0.15, -0.1) is 0 Å². The predicted octanol–water partition coefficient (Wildman–Crippen LogP) is 2.64. The monoisotopic (exact) mass is 434 g/mol. The Morgan fingerprint density at radius 1 is 0.667 bits per heavy atom. The van der Waals surface area contributed by atoms with Crippen LogP contribution in [0.25, 0.3) is 0 Å². The molecule has 174 valence electrons. The highest BCUT2D eigenvalue weighted by atomic mass is 16.5. The largest absolute Gasteiger partial charge is 0.478 e. The molecule has 0 unspecified atom stereocenters. The first-order valence-corrected chi connectivity index (χ1v) is 9.62. The average molecular weight is 434 g/mol. The van der Waals surface area contributed by atoms with Crippen molar-refractivity contribution in [1.82, 2.24) is 0 Å². The van der Waals surface area contributed by atoms with Crippen molar-refractivity contribution < 1.29 is 49.8 Å². The van der Waals surface area contributed by atoms with Crippen LogP contribution in [0.4, 0.5) is 0 Å². The fourth-order valence-electron chi connectivity index (χ4n) is 1.77. The van der Waals surface area contributed by atoms with Gasteiger partial charge >= 0.3 is 23.9 Å². The van der Waals surface area contributed by atoms with Gasteiger partial charge in [0.15, 0.2) is 6.29 Å². The van der Waals surface area contributed by atoms with Gasteiger partial charge in [-0.3, -0.25) is 0 Å². The van der Waals surface area contributed by atoms with Gasteiger partial charge in [0.1, 0.15) is 0 Å². The molecule has 0 aromatic heterocycles. The maximum atomic E-state index is 10.4. The fraction of sp³-hybridized carbons (Fsp3) is 0.600. The number of carbonyl (C=O) groups is 4. The van der Waals surface area contributed by atoms with Crippen molar-refractivity contribution in [2.45, 2.75) is 78.4 Å². The predicted molar refractivity (Wildman–Crippen MR) is 109 cm³/mol. The second-order valence-corrected chi connectivity index (χ2v) is 6.10. The van der Waals surface area contributed by atoms with E-state index in [4.69, 9.17) is 30.6 Å². The lowest BCUT2D eigenvalue weighted by Crippen LogP contribution is -2.03. The molecule has 0 heterocycles. The molecule has 0 aliphatic carbocycles. The van der Waals surface area contributed by atoms with Crippen LogP contribution in [-0.4, -0.2) is 60.8 Å². The van der Waals surface area contributed by atoms with Gasteiger partial charge in [-0.05, 0) is 32.1 Å². The summed E-state index contributed by atoms with van der Waals surface area (Å²) >= 11 is 0. The second kappa shape index (κ2) is 21.0. The molecule has 0 aliphatic rings. The van der Waals surface area contributed by atoms with E-state index >= 15 is 0 Å². The van der Waals surface area contributed by atoms with E-state index in [2.05, 4.69) is 0 Å². The number of carboxylic acids is 4. The Balaban J connectivity index is -0.000000386. The van der Waals surface area contributed by atoms with Crippen molar-refractivity contribution in [3.63, 3.8) is 0 Å². The van der Waals surface area contributed by atoms with E-state index in [1.165, 1.54) is 0 Å². The van der Waals surface area contributed by atoms with Gasteiger partial charge in [0.25, 0.3) is 0 Å². The highest BCUT2D eigenvalue weighted by molar-refractivity contribution is 5.95. The van der Waals surface area contributed by atoms with Crippen LogP contribution >= 0.6 is 0 Å². The highest BCUT2D eigenvalue weighted by Crippen LogP contribution is 2.07. The Hall–Kier alpha value is -2.72. The average Bonchev–Trinajstić information content (AvgIpc) is 2.62. The third kappa shape index (κ3) is 25.3. The summed E-state index contributed by atoms with van der Waals surface area (Å²) in [6.07, 6.45) is 5.45. The minimum absolute atomic E-state index is 0.0376. The molecule has 0 amide bonds. The summed E-state index contributed by atoms with van der Waals surface area (Å²) in [5.74, 6) is -4.70. The molecule has 0 fully saturated rings. The maximum absolute atomic E-state index is 10.4. The molecule has 0 aromatic rings. The molecule has 0 rings (SSSR count). The van der Waals surface area contributed by atoms with Crippen molar-refractivity contribution in [2.75, 3.05) is 0 Å². The molecule has 0 radical (unpaired) electrons. The maximum Gasteiger partial charge on any atom is 0.331 e. The lowest BCUT2D eigenvalue weighted by Gasteiger charge is -1.97. The molecule has 0 bridgehead atoms. The highest BCUT2D eigenvalue weighted by Gasteiger charge is 2.08. The van der Waals surface area contributed by atoms with E-state index in [-0.39, 0.29) is 11.1 Å². The number of unbranched alkanes of at least 4 members (excludes halogenated alkanes) is 2. The number of hydrogen-bond donors (Lipinski definition) is 6. The van der Waals surface area contributed by atoms with Crippen LogP contribution in [0.2, 0.25) is 0 Å². The number of rotatable bonds is 12. The molecule has 0 aliphatic heterocycles. The van der Waals surface area contributed by atoms with Crippen molar-refractivity contribution >= 4 is 23.9 Å². The SMILES string of the molecule is CCCC(O)O.CCCCC(=CC(=O)O)C(=O)O.CCCCC(=CC(=O)O)C(=O)O. The third-order valence-corrected chi connectivity index (χ3v) is 3.29. The number of aliphatic carboxylic acids is 4. The Morgan fingerprint density at radius 2 is 1.00 bits per heavy atom. The van der Waals surface area contributed by atoms with E-state index < -0.39 is 30.2 Å². The van der Waals surface area contributed by atoms with Gasteiger partial charge < -0.3 is 30.6 Å². The quantitative estimate of drug-likeness (QED) is 0.197. The van der Waals surface area contributed by atoms with Crippen molar-refractivity contribution in [3.8, 4) is 0 Å². The zero-order valence-corrected chi connectivity index (χ0v) is 17.7. The van der Waals surface area contributed by atoms with E-state index in [1.807, 2.05) is 20.8 Å². The van der Waals surface area contributed by atoms with E-state index in [0.29, 0.717) is 32.1 Å². The fourth-order valence-corrected chi connectivity index (χ4v) is 1.77. The molecular weight excluding hydrogens is 400 g/mol. The van der Waals surface area contributed by atoms with Gasteiger partial charge in [-0.1, -0.05) is 40.0 Å². The number of aliphatic hydroxyl groups excluding tert-OH is 1. The standard InChI is InChI=1S/2C8H12O4.C4H10O2/c2*1-2-3-4-6(8(11)12)5-7(9)10;1-2-3-4(5)6/h2*5H,2-4H2,1H3,(H,9,10)(H,11,12);4-6H,2-3H2,1H3. The topological polar surface area (TPSA) is 190 Å². The van der Waals surface area contributed by atoms with Gasteiger partial charge in [-0.25, -0.2) is 19.2 Å². The second-order valence-electron chi connectivity index (χ2n) is 6.10. The Bertz CT molecular complexity index is 530. The van der Waals surface area contributed by atoms with Crippen molar-refractivity contribution in [2.24, 2.45) is 0 Å². The van der Waals surface area contributed by atoms with E-state index in [9.17, 15) is 19.2 Å². The lowest BCUT2D eigenvalue weighted by atomic mass is 10.1. The number of carboxylic acid groups (broad SMARTS) is 4. The van der Waals surface area contributed by atoms with Crippen LogP contribution in [0.15, 0.2) is 23.3 Å². The molecule has 6 N–H and O–H groups in total. The molecule has 0 saturated heterocycles. The zero-order chi connectivity index (χ0) is 24.1. The molecule has 10 nitrogen and oxygen atoms in total. The first-order valence-electron chi connectivity index (χ1n) is 9.62. The molecule has 0 atom stereocenters. The summed E-state index contributed by atoms with van der Waals surface area (Å²) in [4.78, 5) is 41.1. The summed E-state index contributed by atoms with van der Waals surface area (Å²) in [7, 11) is 0. The molecule has 0 saturated carbocycles. The Labute approximate surface area is 176 Å². The first kappa shape index (κ1) is 32.0. The summed E-state index contributed by atoms with van der Waals surface area (Å²) in [6, 6.07) is 0. The van der Waals surface area contributed by atoms with Crippen LogP contribution in [0.5, 0.6) is 0 Å². The summed E-state index contributed by atoms with van der Waals surface area (Å²) in [5, 5.41) is 49.8. The van der Waals surface area contributed by atoms with E-state index in [1.54, 1.807) is 0 Å². The van der Waals surface area contributed by atoms with Gasteiger partial charge in [0, 0.05) is 23.3 Å². The Morgan fingerprint density at radius 3 is 1.13 bits per heavy atom. The molecule has 30 heavy (non-hydrogen) atoms. The molecule has 10 heteroatoms. The molecule has 0 aromatic carbocycles. The smallest absolute Gasteiger partial charge is 0.331 e. The van der Waals surface area contributed by atoms with Gasteiger partial charge in [0.2, 0.25) is 0 Å². The summed E-state index contributed by atoms with van der Waals surface area (Å²) in [5.41, 5.74) is -0.0753. The van der Waals surface area contributed by atoms with Crippen LogP contribution in [0.1, 0.15) is 72.1 Å². The van der Waals surface area contributed by atoms with Crippen molar-refractivity contribution in [3.05, 3.63) is 23.3 Å². The minimum Gasteiger partial charge on any atom is -0.478 e. The zero-order valence-electron chi connectivity index (χ0n) is 17.7. The van der Waals surface area contributed by atoms with Crippen molar-refractivity contribution in [1.29, 1.82) is 0 Å². The lowest BCUT2D eigenvalue weighted by molar-refractivity contribution is -0.135. The summed E-state index contributed by atoms with van der Waals surface area (Å²) in [6.45, 7) is 5.74. The van der Waals surface area contributed by atoms with E-state index in [0.717, 1.165) is 31.4 Å². The number of hydrogen-bond acceptors (Lipinski definition) is 6. The van der Waals surface area contributed by atoms with Gasteiger partial charge in [-0.2, -0.15) is 0 Å². The number of aliphatic hydroxyl groups is 2. The third-order valence-electron chi connectivity index (χ3n) is 3.29. The van der Waals surface area contributed by atoms with Crippen LogP contribution in [0, 0.1) is 0 Å². The first-order chi connectivity index (χ1) is 13.9. The molecule has 0 spiro atoms. The van der Waals surface area contributed by atoms with Crippen LogP contribution in [-0.2, 0) is 19.2 Å². The van der Waals surface area contributed by atoms with Crippen LogP contribution in [0.3, 0.4) is 0 Å². The molecular formula is C20H34O10. The van der Waals surface area contributed by atoms with Crippen LogP contribution < -0.4 is 0 Å². The minimum atomic E-state index is -1.21. The summed E-state index contributed by atoms with van der Waals surface area (Å²) < 4.78 is 0. The Kier molecular flexibility index (Phi) is 22.4.